The monoisotopic (exact) mass is 414 g/mol. The van der Waals surface area contributed by atoms with Gasteiger partial charge in [0.2, 0.25) is 0 Å². The molecule has 0 aromatic heterocycles. The zero-order valence-electron chi connectivity index (χ0n) is 16.0. The minimum atomic E-state index is -3.04. The van der Waals surface area contributed by atoms with Crippen LogP contribution in [0.2, 0.25) is 0 Å². The van der Waals surface area contributed by atoms with Crippen molar-refractivity contribution in [2.24, 2.45) is 0 Å². The maximum atomic E-state index is 12.6. The average Bonchev–Trinajstić information content (AvgIpc) is 2.95. The molecule has 9 heteroatoms. The number of carbonyl (C=O) groups excluding carboxylic acids is 2. The lowest BCUT2D eigenvalue weighted by Crippen LogP contribution is -3.11. The predicted octanol–water partition coefficient (Wildman–Crippen LogP) is -0.103. The number of anilines is 1. The third-order valence-electron chi connectivity index (χ3n) is 4.61. The maximum Gasteiger partial charge on any atom is 0.279 e. The smallest absolute Gasteiger partial charge is 0.279 e. The molecule has 2 rings (SSSR count). The molecule has 2 amide bonds. The van der Waals surface area contributed by atoms with E-state index in [9.17, 15) is 18.0 Å². The second-order valence-electron chi connectivity index (χ2n) is 6.80. The minimum absolute atomic E-state index is 0.0393. The molecule has 1 aromatic carbocycles. The molecule has 1 aliphatic heterocycles. The van der Waals surface area contributed by atoms with Crippen molar-refractivity contribution >= 4 is 39.1 Å². The van der Waals surface area contributed by atoms with Crippen LogP contribution in [0.25, 0.3) is 0 Å². The molecule has 27 heavy (non-hydrogen) atoms. The van der Waals surface area contributed by atoms with Crippen LogP contribution in [0.5, 0.6) is 0 Å². The quantitative estimate of drug-likeness (QED) is 0.580. The van der Waals surface area contributed by atoms with Gasteiger partial charge in [0.15, 0.2) is 22.9 Å². The molecule has 7 nitrogen and oxygen atoms in total. The number of thioether (sulfide) groups is 1. The van der Waals surface area contributed by atoms with E-state index in [2.05, 4.69) is 5.32 Å². The lowest BCUT2D eigenvalue weighted by atomic mass is 10.2. The molecule has 0 radical (unpaired) electrons. The number of amides is 2. The molecule has 2 N–H and O–H groups in total. The summed E-state index contributed by atoms with van der Waals surface area (Å²) in [5, 5.41) is 2.89. The largest absolute Gasteiger partial charge is 0.334 e. The normalized spacial score (nSPS) is 19.4. The number of nitrogens with one attached hydrogen (secondary N) is 2. The van der Waals surface area contributed by atoms with Gasteiger partial charge in [-0.15, -0.1) is 11.8 Å². The number of sulfone groups is 1. The van der Waals surface area contributed by atoms with Crippen LogP contribution < -0.4 is 10.2 Å². The van der Waals surface area contributed by atoms with Crippen LogP contribution in [-0.2, 0) is 19.4 Å². The highest BCUT2D eigenvalue weighted by Crippen LogP contribution is 2.24. The highest BCUT2D eigenvalue weighted by molar-refractivity contribution is 7.98. The first-order valence-electron chi connectivity index (χ1n) is 8.99. The van der Waals surface area contributed by atoms with Gasteiger partial charge in [0.05, 0.1) is 24.2 Å². The summed E-state index contributed by atoms with van der Waals surface area (Å²) in [5.41, 5.74) is 0.764. The molecule has 1 aliphatic rings. The minimum Gasteiger partial charge on any atom is -0.334 e. The summed E-state index contributed by atoms with van der Waals surface area (Å²) in [6.45, 7) is 2.64. The van der Waals surface area contributed by atoms with Gasteiger partial charge in [-0.05, 0) is 31.7 Å². The third kappa shape index (κ3) is 6.22. The molecule has 2 atom stereocenters. The Bertz CT molecular complexity index is 783. The Morgan fingerprint density at radius 3 is 2.59 bits per heavy atom. The summed E-state index contributed by atoms with van der Waals surface area (Å²) < 4.78 is 23.4. The van der Waals surface area contributed by atoms with Crippen molar-refractivity contribution in [3.05, 3.63) is 24.3 Å². The van der Waals surface area contributed by atoms with Crippen molar-refractivity contribution in [3.63, 3.8) is 0 Å². The highest BCUT2D eigenvalue weighted by Gasteiger charge is 2.34. The van der Waals surface area contributed by atoms with Gasteiger partial charge in [-0.1, -0.05) is 12.1 Å². The fourth-order valence-electron chi connectivity index (χ4n) is 3.30. The van der Waals surface area contributed by atoms with E-state index >= 15 is 0 Å². The van der Waals surface area contributed by atoms with Crippen molar-refractivity contribution in [2.75, 3.05) is 49.8 Å². The molecular formula is C18H28N3O4S2+. The van der Waals surface area contributed by atoms with Gasteiger partial charge in [-0.25, -0.2) is 8.42 Å². The summed E-state index contributed by atoms with van der Waals surface area (Å²) >= 11 is 1.56. The van der Waals surface area contributed by atoms with E-state index in [4.69, 9.17) is 0 Å². The molecule has 150 valence electrons. The summed E-state index contributed by atoms with van der Waals surface area (Å²) in [4.78, 5) is 28.3. The molecule has 1 unspecified atom stereocenters. The number of hydrogen-bond acceptors (Lipinski definition) is 5. The van der Waals surface area contributed by atoms with Crippen LogP contribution in [0.15, 0.2) is 29.2 Å². The van der Waals surface area contributed by atoms with E-state index in [0.717, 1.165) is 15.5 Å². The summed E-state index contributed by atoms with van der Waals surface area (Å²) in [5.74, 6) is -0.0957. The Kier molecular flexibility index (Phi) is 7.69. The van der Waals surface area contributed by atoms with Crippen molar-refractivity contribution in [1.29, 1.82) is 0 Å². The van der Waals surface area contributed by atoms with E-state index in [-0.39, 0.29) is 42.5 Å². The lowest BCUT2D eigenvalue weighted by Gasteiger charge is -2.27. The van der Waals surface area contributed by atoms with Crippen LogP contribution in [0.3, 0.4) is 0 Å². The van der Waals surface area contributed by atoms with Gasteiger partial charge in [-0.2, -0.15) is 0 Å². The molecule has 1 aromatic rings. The van der Waals surface area contributed by atoms with Gasteiger partial charge < -0.3 is 15.1 Å². The van der Waals surface area contributed by atoms with Gasteiger partial charge in [0.25, 0.3) is 11.8 Å². The SMILES string of the molecule is CCN(C(=O)C[NH+](C)CC(=O)Nc1ccccc1SC)[C@H]1CCS(=O)(=O)C1. The molecule has 1 heterocycles. The van der Waals surface area contributed by atoms with Crippen LogP contribution in [-0.4, -0.2) is 75.6 Å². The predicted molar refractivity (Wildman–Crippen MR) is 108 cm³/mol. The van der Waals surface area contributed by atoms with Crippen molar-refractivity contribution in [2.45, 2.75) is 24.3 Å². The van der Waals surface area contributed by atoms with Crippen LogP contribution in [0.4, 0.5) is 5.69 Å². The molecule has 0 saturated carbocycles. The summed E-state index contributed by atoms with van der Waals surface area (Å²) in [7, 11) is -1.25. The highest BCUT2D eigenvalue weighted by atomic mass is 32.2. The van der Waals surface area contributed by atoms with Gasteiger partial charge >= 0.3 is 0 Å². The molecule has 1 saturated heterocycles. The summed E-state index contributed by atoms with van der Waals surface area (Å²) in [6.07, 6.45) is 2.44. The number of carbonyl (C=O) groups is 2. The number of likely N-dealkylation sites (N-methyl/N-ethyl adjacent to an activating group) is 2. The van der Waals surface area contributed by atoms with Gasteiger partial charge in [0.1, 0.15) is 0 Å². The van der Waals surface area contributed by atoms with Crippen molar-refractivity contribution in [3.8, 4) is 0 Å². The number of hydrogen-bond donors (Lipinski definition) is 2. The van der Waals surface area contributed by atoms with Gasteiger partial charge in [-0.3, -0.25) is 9.59 Å². The van der Waals surface area contributed by atoms with E-state index in [1.165, 1.54) is 0 Å². The first kappa shape index (κ1) is 21.7. The standard InChI is InChI=1S/C18H27N3O4S2/c1-4-21(14-9-10-27(24,25)13-14)18(23)12-20(2)11-17(22)19-15-7-5-6-8-16(15)26-3/h5-8,14H,4,9-13H2,1-3H3,(H,19,22)/p+1/t14-/m0/s1. The van der Waals surface area contributed by atoms with E-state index in [1.807, 2.05) is 37.4 Å². The Balaban J connectivity index is 1.89. The van der Waals surface area contributed by atoms with Crippen molar-refractivity contribution < 1.29 is 22.9 Å². The Hall–Kier alpha value is -1.58. The fraction of sp³-hybridized carbons (Fsp3) is 0.556. The van der Waals surface area contributed by atoms with Gasteiger partial charge in [0, 0.05) is 17.5 Å². The molecule has 0 bridgehead atoms. The molecule has 1 fully saturated rings. The number of para-hydroxylation sites is 1. The zero-order chi connectivity index (χ0) is 20.0. The Morgan fingerprint density at radius 2 is 2.00 bits per heavy atom. The Morgan fingerprint density at radius 1 is 1.30 bits per heavy atom. The number of benzene rings is 1. The topological polar surface area (TPSA) is 88.0 Å². The molecular weight excluding hydrogens is 386 g/mol. The van der Waals surface area contributed by atoms with Crippen LogP contribution in [0.1, 0.15) is 13.3 Å². The first-order chi connectivity index (χ1) is 12.8. The van der Waals surface area contributed by atoms with Crippen LogP contribution in [0, 0.1) is 0 Å². The fourth-order valence-corrected chi connectivity index (χ4v) is 5.58. The van der Waals surface area contributed by atoms with Crippen molar-refractivity contribution in [1.82, 2.24) is 4.90 Å². The summed E-state index contributed by atoms with van der Waals surface area (Å²) in [6, 6.07) is 7.32. The first-order valence-corrected chi connectivity index (χ1v) is 12.0. The lowest BCUT2D eigenvalue weighted by molar-refractivity contribution is -0.862. The third-order valence-corrected chi connectivity index (χ3v) is 7.15. The van der Waals surface area contributed by atoms with E-state index in [0.29, 0.717) is 13.0 Å². The number of quaternary nitrogens is 1. The average molecular weight is 415 g/mol. The van der Waals surface area contributed by atoms with Crippen LogP contribution >= 0.6 is 11.8 Å². The van der Waals surface area contributed by atoms with E-state index < -0.39 is 9.84 Å². The Labute approximate surface area is 165 Å². The van der Waals surface area contributed by atoms with E-state index in [1.54, 1.807) is 23.7 Å². The second kappa shape index (κ2) is 9.57. The maximum absolute atomic E-state index is 12.6. The molecule has 0 spiro atoms. The number of rotatable bonds is 8. The second-order valence-corrected chi connectivity index (χ2v) is 9.87. The zero-order valence-corrected chi connectivity index (χ0v) is 17.7. The number of nitrogens with zero attached hydrogens (tertiary/aromatic N) is 1. The molecule has 0 aliphatic carbocycles.